The first-order valence-corrected chi connectivity index (χ1v) is 4.09. The molecule has 0 radical (unpaired) electrons. The Hall–Kier alpha value is -0.520. The van der Waals surface area contributed by atoms with E-state index in [2.05, 4.69) is 10.8 Å². The Bertz CT molecular complexity index is 155. The van der Waals surface area contributed by atoms with E-state index in [1.54, 1.807) is 6.92 Å². The molecule has 1 rings (SSSR count). The lowest BCUT2D eigenvalue weighted by Crippen LogP contribution is -2.33. The fraction of sp³-hybridized carbons (Fsp3) is 0.778. The summed E-state index contributed by atoms with van der Waals surface area (Å²) in [4.78, 5) is 2.17. The van der Waals surface area contributed by atoms with Crippen LogP contribution in [0.25, 0.3) is 0 Å². The zero-order valence-electron chi connectivity index (χ0n) is 6.95. The first-order valence-electron chi connectivity index (χ1n) is 4.09. The van der Waals surface area contributed by atoms with Gasteiger partial charge in [0.1, 0.15) is 0 Å². The molecule has 0 bridgehead atoms. The predicted octanol–water partition coefficient (Wildman–Crippen LogP) is 0.465. The monoisotopic (exact) mass is 153 g/mol. The van der Waals surface area contributed by atoms with Crippen molar-refractivity contribution in [3.63, 3.8) is 0 Å². The van der Waals surface area contributed by atoms with Gasteiger partial charge >= 0.3 is 0 Å². The van der Waals surface area contributed by atoms with Crippen molar-refractivity contribution in [3.05, 3.63) is 0 Å². The number of hydrogen-bond acceptors (Lipinski definition) is 2. The van der Waals surface area contributed by atoms with Crippen molar-refractivity contribution < 1.29 is 5.11 Å². The molecule has 1 fully saturated rings. The van der Waals surface area contributed by atoms with Crippen LogP contribution in [-0.4, -0.2) is 35.2 Å². The van der Waals surface area contributed by atoms with Crippen molar-refractivity contribution in [3.8, 4) is 12.3 Å². The maximum absolute atomic E-state index is 9.12. The highest BCUT2D eigenvalue weighted by molar-refractivity contribution is 4.94. The Morgan fingerprint density at radius 1 is 1.73 bits per heavy atom. The summed E-state index contributed by atoms with van der Waals surface area (Å²) in [5.41, 5.74) is 0. The van der Waals surface area contributed by atoms with Crippen LogP contribution in [0.4, 0.5) is 0 Å². The summed E-state index contributed by atoms with van der Waals surface area (Å²) in [6, 6.07) is 0.653. The Kier molecular flexibility index (Phi) is 2.92. The lowest BCUT2D eigenvalue weighted by molar-refractivity contribution is 0.130. The van der Waals surface area contributed by atoms with Crippen LogP contribution < -0.4 is 0 Å². The Morgan fingerprint density at radius 2 is 2.36 bits per heavy atom. The number of aliphatic hydroxyl groups excluding tert-OH is 1. The summed E-state index contributed by atoms with van der Waals surface area (Å²) in [5.74, 6) is 2.61. The zero-order valence-corrected chi connectivity index (χ0v) is 6.95. The van der Waals surface area contributed by atoms with E-state index in [0.29, 0.717) is 12.6 Å². The highest BCUT2D eigenvalue weighted by Crippen LogP contribution is 2.26. The normalized spacial score (nSPS) is 19.8. The summed E-state index contributed by atoms with van der Waals surface area (Å²) in [5, 5.41) is 9.12. The lowest BCUT2D eigenvalue weighted by Gasteiger charge is -2.20. The minimum absolute atomic E-state index is 0.260. The number of nitrogens with zero attached hydrogens (tertiary/aromatic N) is 1. The Morgan fingerprint density at radius 3 is 2.73 bits per heavy atom. The van der Waals surface area contributed by atoms with E-state index in [1.165, 1.54) is 12.8 Å². The maximum atomic E-state index is 9.12. The number of hydrogen-bond donors (Lipinski definition) is 1. The van der Waals surface area contributed by atoms with E-state index in [-0.39, 0.29) is 6.10 Å². The van der Waals surface area contributed by atoms with Crippen molar-refractivity contribution in [1.29, 1.82) is 0 Å². The van der Waals surface area contributed by atoms with E-state index < -0.39 is 0 Å². The van der Waals surface area contributed by atoms with E-state index in [9.17, 15) is 0 Å². The lowest BCUT2D eigenvalue weighted by atomic mass is 10.3. The number of aliphatic hydroxyl groups is 1. The van der Waals surface area contributed by atoms with Gasteiger partial charge < -0.3 is 5.11 Å². The van der Waals surface area contributed by atoms with Crippen LogP contribution in [0.3, 0.4) is 0 Å². The molecule has 0 aliphatic heterocycles. The largest absolute Gasteiger partial charge is 0.392 e. The molecule has 1 unspecified atom stereocenters. The molecule has 0 amide bonds. The van der Waals surface area contributed by atoms with E-state index >= 15 is 0 Å². The minimum Gasteiger partial charge on any atom is -0.392 e. The summed E-state index contributed by atoms with van der Waals surface area (Å²) in [7, 11) is 0. The first kappa shape index (κ1) is 8.58. The summed E-state index contributed by atoms with van der Waals surface area (Å²) >= 11 is 0. The zero-order chi connectivity index (χ0) is 8.27. The molecule has 0 heterocycles. The van der Waals surface area contributed by atoms with Crippen LogP contribution in [0.15, 0.2) is 0 Å². The molecule has 1 aliphatic rings. The van der Waals surface area contributed by atoms with Gasteiger partial charge in [-0.3, -0.25) is 4.90 Å². The van der Waals surface area contributed by atoms with Crippen LogP contribution >= 0.6 is 0 Å². The molecule has 0 aromatic heterocycles. The average Bonchev–Trinajstić information content (AvgIpc) is 2.66. The fourth-order valence-corrected chi connectivity index (χ4v) is 1.24. The third-order valence-electron chi connectivity index (χ3n) is 1.86. The molecule has 62 valence electrons. The third-order valence-corrected chi connectivity index (χ3v) is 1.86. The van der Waals surface area contributed by atoms with Crippen molar-refractivity contribution in [1.82, 2.24) is 4.90 Å². The molecule has 0 aromatic rings. The van der Waals surface area contributed by atoms with Gasteiger partial charge in [0, 0.05) is 12.6 Å². The number of rotatable bonds is 4. The molecule has 1 atom stereocenters. The van der Waals surface area contributed by atoms with E-state index in [4.69, 9.17) is 11.5 Å². The second-order valence-electron chi connectivity index (χ2n) is 3.21. The molecule has 1 N–H and O–H groups in total. The highest BCUT2D eigenvalue weighted by Gasteiger charge is 2.28. The van der Waals surface area contributed by atoms with Gasteiger partial charge in [0.25, 0.3) is 0 Å². The summed E-state index contributed by atoms with van der Waals surface area (Å²) < 4.78 is 0. The molecule has 0 aromatic carbocycles. The molecule has 11 heavy (non-hydrogen) atoms. The van der Waals surface area contributed by atoms with E-state index in [1.807, 2.05) is 0 Å². The van der Waals surface area contributed by atoms with Crippen LogP contribution in [0.2, 0.25) is 0 Å². The van der Waals surface area contributed by atoms with Gasteiger partial charge in [0.15, 0.2) is 0 Å². The fourth-order valence-electron chi connectivity index (χ4n) is 1.24. The van der Waals surface area contributed by atoms with Crippen molar-refractivity contribution in [2.75, 3.05) is 13.1 Å². The van der Waals surface area contributed by atoms with Gasteiger partial charge in [-0.2, -0.15) is 0 Å². The molecule has 0 spiro atoms. The third kappa shape index (κ3) is 2.92. The van der Waals surface area contributed by atoms with Crippen LogP contribution in [0.5, 0.6) is 0 Å². The number of terminal acetylenes is 1. The molecule has 0 saturated heterocycles. The second kappa shape index (κ2) is 3.75. The van der Waals surface area contributed by atoms with Crippen LogP contribution in [-0.2, 0) is 0 Å². The van der Waals surface area contributed by atoms with Crippen molar-refractivity contribution >= 4 is 0 Å². The second-order valence-corrected chi connectivity index (χ2v) is 3.21. The standard InChI is InChI=1S/C9H15NO/c1-3-6-10(7-8(2)11)9-4-5-9/h1,8-9,11H,4-7H2,2H3. The molecule has 2 heteroatoms. The minimum atomic E-state index is -0.260. The molecular weight excluding hydrogens is 138 g/mol. The summed E-state index contributed by atoms with van der Waals surface area (Å²) in [6.07, 6.45) is 7.43. The van der Waals surface area contributed by atoms with E-state index in [0.717, 1.165) is 6.54 Å². The smallest absolute Gasteiger partial charge is 0.0639 e. The van der Waals surface area contributed by atoms with Crippen molar-refractivity contribution in [2.24, 2.45) is 0 Å². The van der Waals surface area contributed by atoms with Gasteiger partial charge in [-0.1, -0.05) is 5.92 Å². The van der Waals surface area contributed by atoms with Crippen molar-refractivity contribution in [2.45, 2.75) is 31.9 Å². The van der Waals surface area contributed by atoms with Gasteiger partial charge in [0.05, 0.1) is 12.6 Å². The predicted molar refractivity (Wildman–Crippen MR) is 45.1 cm³/mol. The van der Waals surface area contributed by atoms with Gasteiger partial charge in [-0.15, -0.1) is 6.42 Å². The first-order chi connectivity index (χ1) is 5.24. The summed E-state index contributed by atoms with van der Waals surface area (Å²) in [6.45, 7) is 3.19. The van der Waals surface area contributed by atoms with Gasteiger partial charge in [-0.05, 0) is 19.8 Å². The van der Waals surface area contributed by atoms with Gasteiger partial charge in [0.2, 0.25) is 0 Å². The molecular formula is C9H15NO. The van der Waals surface area contributed by atoms with Crippen LogP contribution in [0.1, 0.15) is 19.8 Å². The Balaban J connectivity index is 2.27. The molecule has 1 saturated carbocycles. The van der Waals surface area contributed by atoms with Crippen LogP contribution in [0, 0.1) is 12.3 Å². The SMILES string of the molecule is C#CCN(CC(C)O)C1CC1. The topological polar surface area (TPSA) is 23.5 Å². The van der Waals surface area contributed by atoms with Gasteiger partial charge in [-0.25, -0.2) is 0 Å². The Labute approximate surface area is 68.2 Å². The quantitative estimate of drug-likeness (QED) is 0.593. The average molecular weight is 153 g/mol. The highest BCUT2D eigenvalue weighted by atomic mass is 16.3. The maximum Gasteiger partial charge on any atom is 0.0639 e. The molecule has 2 nitrogen and oxygen atoms in total. The molecule has 1 aliphatic carbocycles.